The molecule has 1 aromatic heterocycles. The summed E-state index contributed by atoms with van der Waals surface area (Å²) in [5.41, 5.74) is -0.540. The lowest BCUT2D eigenvalue weighted by Gasteiger charge is -2.14. The van der Waals surface area contributed by atoms with Crippen LogP contribution in [0.3, 0.4) is 0 Å². The summed E-state index contributed by atoms with van der Waals surface area (Å²) in [5, 5.41) is 12.7. The van der Waals surface area contributed by atoms with E-state index in [-0.39, 0.29) is 5.56 Å². The summed E-state index contributed by atoms with van der Waals surface area (Å²) in [7, 11) is 0. The monoisotopic (exact) mass is 262 g/mol. The molecule has 19 heavy (non-hydrogen) atoms. The third-order valence-corrected chi connectivity index (χ3v) is 2.80. The molecule has 0 saturated carbocycles. The van der Waals surface area contributed by atoms with Crippen LogP contribution in [0.2, 0.25) is 0 Å². The fourth-order valence-corrected chi connectivity index (χ4v) is 1.77. The molecule has 0 aliphatic heterocycles. The van der Waals surface area contributed by atoms with Crippen molar-refractivity contribution in [3.05, 3.63) is 63.8 Å². The number of carboxylic acid groups (broad SMARTS) is 1. The van der Waals surface area contributed by atoms with Crippen molar-refractivity contribution in [3.8, 4) is 0 Å². The Kier molecular flexibility index (Phi) is 3.41. The van der Waals surface area contributed by atoms with Crippen molar-refractivity contribution in [3.63, 3.8) is 0 Å². The van der Waals surface area contributed by atoms with Crippen LogP contribution in [-0.2, 0) is 0 Å². The van der Waals surface area contributed by atoms with Gasteiger partial charge in [-0.25, -0.2) is 13.9 Å². The number of aromatic carboxylic acids is 1. The third kappa shape index (κ3) is 2.52. The second kappa shape index (κ2) is 5.01. The first kappa shape index (κ1) is 12.9. The third-order valence-electron chi connectivity index (χ3n) is 2.80. The molecular formula is C13H11FN2O3. The number of nitrogens with zero attached hydrogens (tertiary/aromatic N) is 2. The number of halogens is 1. The fourth-order valence-electron chi connectivity index (χ4n) is 1.77. The van der Waals surface area contributed by atoms with E-state index in [1.54, 1.807) is 13.0 Å². The normalized spacial score (nSPS) is 12.1. The van der Waals surface area contributed by atoms with Gasteiger partial charge in [-0.2, -0.15) is 5.10 Å². The van der Waals surface area contributed by atoms with Crippen molar-refractivity contribution in [2.45, 2.75) is 13.0 Å². The van der Waals surface area contributed by atoms with Crippen LogP contribution < -0.4 is 5.56 Å². The predicted octanol–water partition coefficient (Wildman–Crippen LogP) is 1.69. The molecule has 1 N–H and O–H groups in total. The lowest BCUT2D eigenvalue weighted by molar-refractivity contribution is 0.0693. The van der Waals surface area contributed by atoms with Gasteiger partial charge in [0.1, 0.15) is 11.4 Å². The summed E-state index contributed by atoms with van der Waals surface area (Å²) in [6.07, 6.45) is 1.24. The minimum Gasteiger partial charge on any atom is -0.477 e. The Balaban J connectivity index is 2.51. The summed E-state index contributed by atoms with van der Waals surface area (Å²) in [6.45, 7) is 1.65. The van der Waals surface area contributed by atoms with E-state index in [0.717, 1.165) is 10.7 Å². The number of carbonyl (C=O) groups is 1. The quantitative estimate of drug-likeness (QED) is 0.913. The van der Waals surface area contributed by atoms with Crippen molar-refractivity contribution in [1.29, 1.82) is 0 Å². The molecule has 0 aliphatic rings. The van der Waals surface area contributed by atoms with E-state index < -0.39 is 23.4 Å². The summed E-state index contributed by atoms with van der Waals surface area (Å²) in [5.74, 6) is -1.74. The number of hydrogen-bond acceptors (Lipinski definition) is 3. The van der Waals surface area contributed by atoms with Gasteiger partial charge < -0.3 is 5.11 Å². The van der Waals surface area contributed by atoms with Crippen molar-refractivity contribution in [2.24, 2.45) is 0 Å². The molecule has 5 nitrogen and oxygen atoms in total. The Labute approximate surface area is 107 Å². The maximum Gasteiger partial charge on any atom is 0.341 e. The molecule has 6 heteroatoms. The van der Waals surface area contributed by atoms with Gasteiger partial charge in [0, 0.05) is 6.20 Å². The van der Waals surface area contributed by atoms with Crippen LogP contribution >= 0.6 is 0 Å². The Morgan fingerprint density at radius 3 is 2.79 bits per heavy atom. The number of carboxylic acids is 1. The minimum atomic E-state index is -1.31. The molecule has 0 fully saturated rings. The van der Waals surface area contributed by atoms with Crippen LogP contribution in [0.15, 0.2) is 41.3 Å². The summed E-state index contributed by atoms with van der Waals surface area (Å²) >= 11 is 0. The first-order chi connectivity index (χ1) is 9.00. The molecule has 2 rings (SSSR count). The average Bonchev–Trinajstić information content (AvgIpc) is 2.38. The molecular weight excluding hydrogens is 251 g/mol. The van der Waals surface area contributed by atoms with Crippen molar-refractivity contribution < 1.29 is 14.3 Å². The van der Waals surface area contributed by atoms with Crippen LogP contribution in [0.5, 0.6) is 0 Å². The number of rotatable bonds is 3. The topological polar surface area (TPSA) is 72.2 Å². The Morgan fingerprint density at radius 1 is 1.42 bits per heavy atom. The Morgan fingerprint density at radius 2 is 2.16 bits per heavy atom. The van der Waals surface area contributed by atoms with Gasteiger partial charge in [0.15, 0.2) is 0 Å². The Hall–Kier alpha value is -2.50. The van der Waals surface area contributed by atoms with E-state index in [0.29, 0.717) is 5.56 Å². The largest absolute Gasteiger partial charge is 0.477 e. The van der Waals surface area contributed by atoms with Gasteiger partial charge in [-0.15, -0.1) is 0 Å². The van der Waals surface area contributed by atoms with Gasteiger partial charge >= 0.3 is 5.97 Å². The van der Waals surface area contributed by atoms with E-state index >= 15 is 0 Å². The molecule has 2 aromatic rings. The highest BCUT2D eigenvalue weighted by Crippen LogP contribution is 2.16. The van der Waals surface area contributed by atoms with Gasteiger partial charge in [-0.3, -0.25) is 4.79 Å². The van der Waals surface area contributed by atoms with Gasteiger partial charge in [-0.1, -0.05) is 12.1 Å². The van der Waals surface area contributed by atoms with Crippen LogP contribution in [0, 0.1) is 5.82 Å². The second-order valence-electron chi connectivity index (χ2n) is 4.03. The van der Waals surface area contributed by atoms with E-state index in [9.17, 15) is 14.0 Å². The lowest BCUT2D eigenvalue weighted by Crippen LogP contribution is -2.30. The van der Waals surface area contributed by atoms with Crippen LogP contribution in [-0.4, -0.2) is 20.9 Å². The molecule has 1 aromatic carbocycles. The standard InChI is InChI=1S/C13H11FN2O3/c1-8(9-3-2-4-10(14)7-9)16-12(17)11(13(18)19)5-6-15-16/h2-8H,1H3,(H,18,19). The zero-order valence-electron chi connectivity index (χ0n) is 10.1. The molecule has 1 unspecified atom stereocenters. The van der Waals surface area contributed by atoms with E-state index in [1.807, 2.05) is 0 Å². The summed E-state index contributed by atoms with van der Waals surface area (Å²) in [4.78, 5) is 22.8. The van der Waals surface area contributed by atoms with Crippen molar-refractivity contribution >= 4 is 5.97 Å². The smallest absolute Gasteiger partial charge is 0.341 e. The molecule has 0 bridgehead atoms. The van der Waals surface area contributed by atoms with Gasteiger partial charge in [-0.05, 0) is 30.7 Å². The number of benzene rings is 1. The van der Waals surface area contributed by atoms with E-state index in [1.165, 1.54) is 24.4 Å². The summed E-state index contributed by atoms with van der Waals surface area (Å²) in [6, 6.07) is 6.33. The highest BCUT2D eigenvalue weighted by Gasteiger charge is 2.16. The molecule has 0 saturated heterocycles. The molecule has 1 heterocycles. The second-order valence-corrected chi connectivity index (χ2v) is 4.03. The summed E-state index contributed by atoms with van der Waals surface area (Å²) < 4.78 is 14.2. The van der Waals surface area contributed by atoms with Gasteiger partial charge in [0.2, 0.25) is 0 Å². The Bertz CT molecular complexity index is 682. The number of hydrogen-bond donors (Lipinski definition) is 1. The number of aromatic nitrogens is 2. The first-order valence-electron chi connectivity index (χ1n) is 5.57. The highest BCUT2D eigenvalue weighted by molar-refractivity contribution is 5.86. The zero-order valence-corrected chi connectivity index (χ0v) is 10.1. The SMILES string of the molecule is CC(c1cccc(F)c1)n1nccc(C(=O)O)c1=O. The first-order valence-corrected chi connectivity index (χ1v) is 5.57. The maximum absolute atomic E-state index is 13.1. The average molecular weight is 262 g/mol. The maximum atomic E-state index is 13.1. The van der Waals surface area contributed by atoms with Crippen LogP contribution in [0.4, 0.5) is 4.39 Å². The van der Waals surface area contributed by atoms with Crippen LogP contribution in [0.1, 0.15) is 28.9 Å². The lowest BCUT2D eigenvalue weighted by atomic mass is 10.1. The van der Waals surface area contributed by atoms with Crippen LogP contribution in [0.25, 0.3) is 0 Å². The minimum absolute atomic E-state index is 0.363. The highest BCUT2D eigenvalue weighted by atomic mass is 19.1. The molecule has 0 radical (unpaired) electrons. The molecule has 0 amide bonds. The molecule has 1 atom stereocenters. The molecule has 0 spiro atoms. The van der Waals surface area contributed by atoms with Crippen molar-refractivity contribution in [1.82, 2.24) is 9.78 Å². The van der Waals surface area contributed by atoms with E-state index in [2.05, 4.69) is 5.10 Å². The zero-order chi connectivity index (χ0) is 14.0. The van der Waals surface area contributed by atoms with E-state index in [4.69, 9.17) is 5.11 Å². The van der Waals surface area contributed by atoms with Gasteiger partial charge in [0.25, 0.3) is 5.56 Å². The van der Waals surface area contributed by atoms with Gasteiger partial charge in [0.05, 0.1) is 6.04 Å². The molecule has 98 valence electrons. The van der Waals surface area contributed by atoms with Crippen molar-refractivity contribution in [2.75, 3.05) is 0 Å². The molecule has 0 aliphatic carbocycles. The fraction of sp³-hybridized carbons (Fsp3) is 0.154. The predicted molar refractivity (Wildman–Crippen MR) is 65.7 cm³/mol.